The molecule has 0 bridgehead atoms. The molecule has 1 atom stereocenters. The molecule has 0 saturated heterocycles. The summed E-state index contributed by atoms with van der Waals surface area (Å²) in [6, 6.07) is 9.03. The first-order chi connectivity index (χ1) is 9.26. The molecular weight excluding hydrogens is 234 g/mol. The Labute approximate surface area is 118 Å². The molecule has 1 rings (SSSR count). The fraction of sp³-hybridized carbons (Fsp3) is 0.647. The predicted octanol–water partition coefficient (Wildman–Crippen LogP) is 4.53. The number of unbranched alkanes of at least 4 members (excludes halogenated alkanes) is 2. The lowest BCUT2D eigenvalue weighted by Crippen LogP contribution is -2.25. The van der Waals surface area contributed by atoms with Gasteiger partial charge in [0.05, 0.1) is 6.61 Å². The second-order valence-electron chi connectivity index (χ2n) is 5.27. The van der Waals surface area contributed by atoms with Crippen LogP contribution in [0.3, 0.4) is 0 Å². The SMILES string of the molecule is CCCCCC(C)NCc1ccc(OCCC)cc1. The molecule has 0 aliphatic heterocycles. The molecule has 1 unspecified atom stereocenters. The summed E-state index contributed by atoms with van der Waals surface area (Å²) < 4.78 is 5.58. The zero-order chi connectivity index (χ0) is 13.9. The lowest BCUT2D eigenvalue weighted by atomic mass is 10.1. The van der Waals surface area contributed by atoms with Crippen molar-refractivity contribution in [2.75, 3.05) is 6.61 Å². The van der Waals surface area contributed by atoms with Gasteiger partial charge in [-0.1, -0.05) is 45.2 Å². The van der Waals surface area contributed by atoms with Crippen molar-refractivity contribution in [2.45, 2.75) is 65.5 Å². The molecule has 0 radical (unpaired) electrons. The summed E-state index contributed by atoms with van der Waals surface area (Å²) in [7, 11) is 0. The number of rotatable bonds is 10. The smallest absolute Gasteiger partial charge is 0.119 e. The van der Waals surface area contributed by atoms with Crippen molar-refractivity contribution in [2.24, 2.45) is 0 Å². The summed E-state index contributed by atoms with van der Waals surface area (Å²) in [5, 5.41) is 3.58. The third kappa shape index (κ3) is 7.22. The van der Waals surface area contributed by atoms with Crippen LogP contribution in [0, 0.1) is 0 Å². The molecule has 0 aliphatic rings. The van der Waals surface area contributed by atoms with Gasteiger partial charge in [-0.05, 0) is 37.5 Å². The first kappa shape index (κ1) is 16.0. The number of hydrogen-bond donors (Lipinski definition) is 1. The van der Waals surface area contributed by atoms with Crippen LogP contribution in [-0.2, 0) is 6.54 Å². The molecule has 1 aromatic rings. The standard InChI is InChI=1S/C17H29NO/c1-4-6-7-8-15(3)18-14-16-9-11-17(12-10-16)19-13-5-2/h9-12,15,18H,4-8,13-14H2,1-3H3. The minimum atomic E-state index is 0.600. The quantitative estimate of drug-likeness (QED) is 0.626. The summed E-state index contributed by atoms with van der Waals surface area (Å²) in [6.45, 7) is 8.39. The van der Waals surface area contributed by atoms with E-state index in [1.54, 1.807) is 0 Å². The molecular formula is C17H29NO. The maximum atomic E-state index is 5.58. The van der Waals surface area contributed by atoms with Gasteiger partial charge in [-0.3, -0.25) is 0 Å². The van der Waals surface area contributed by atoms with Crippen LogP contribution in [0.1, 0.15) is 58.4 Å². The third-order valence-electron chi connectivity index (χ3n) is 3.29. The van der Waals surface area contributed by atoms with Gasteiger partial charge in [-0.25, -0.2) is 0 Å². The summed E-state index contributed by atoms with van der Waals surface area (Å²) in [5.74, 6) is 0.974. The molecule has 0 aliphatic carbocycles. The van der Waals surface area contributed by atoms with E-state index in [1.165, 1.54) is 31.2 Å². The van der Waals surface area contributed by atoms with Crippen LogP contribution in [0.15, 0.2) is 24.3 Å². The Morgan fingerprint density at radius 2 is 1.79 bits per heavy atom. The highest BCUT2D eigenvalue weighted by molar-refractivity contribution is 5.27. The molecule has 19 heavy (non-hydrogen) atoms. The molecule has 2 nitrogen and oxygen atoms in total. The van der Waals surface area contributed by atoms with Gasteiger partial charge in [0.25, 0.3) is 0 Å². The van der Waals surface area contributed by atoms with Gasteiger partial charge < -0.3 is 10.1 Å². The average molecular weight is 263 g/mol. The van der Waals surface area contributed by atoms with Gasteiger partial charge in [0.2, 0.25) is 0 Å². The maximum Gasteiger partial charge on any atom is 0.119 e. The topological polar surface area (TPSA) is 21.3 Å². The first-order valence-corrected chi connectivity index (χ1v) is 7.71. The molecule has 0 amide bonds. The van der Waals surface area contributed by atoms with E-state index < -0.39 is 0 Å². The van der Waals surface area contributed by atoms with Crippen LogP contribution in [-0.4, -0.2) is 12.6 Å². The average Bonchev–Trinajstić information content (AvgIpc) is 2.44. The molecule has 2 heteroatoms. The van der Waals surface area contributed by atoms with E-state index in [1.807, 2.05) is 0 Å². The zero-order valence-corrected chi connectivity index (χ0v) is 12.7. The van der Waals surface area contributed by atoms with Crippen LogP contribution in [0.5, 0.6) is 5.75 Å². The number of hydrogen-bond acceptors (Lipinski definition) is 2. The molecule has 1 N–H and O–H groups in total. The fourth-order valence-corrected chi connectivity index (χ4v) is 2.02. The van der Waals surface area contributed by atoms with Crippen LogP contribution in [0.4, 0.5) is 0 Å². The van der Waals surface area contributed by atoms with Gasteiger partial charge in [-0.15, -0.1) is 0 Å². The summed E-state index contributed by atoms with van der Waals surface area (Å²) in [6.07, 6.45) is 6.29. The number of benzene rings is 1. The minimum absolute atomic E-state index is 0.600. The van der Waals surface area contributed by atoms with Gasteiger partial charge in [0.1, 0.15) is 5.75 Å². The fourth-order valence-electron chi connectivity index (χ4n) is 2.02. The number of nitrogens with one attached hydrogen (secondary N) is 1. The van der Waals surface area contributed by atoms with Gasteiger partial charge in [-0.2, -0.15) is 0 Å². The Bertz CT molecular complexity index is 321. The molecule has 0 spiro atoms. The molecule has 1 aromatic carbocycles. The van der Waals surface area contributed by atoms with Crippen molar-refractivity contribution in [1.29, 1.82) is 0 Å². The van der Waals surface area contributed by atoms with E-state index >= 15 is 0 Å². The molecule has 0 fully saturated rings. The van der Waals surface area contributed by atoms with Crippen molar-refractivity contribution in [3.05, 3.63) is 29.8 Å². The van der Waals surface area contributed by atoms with E-state index in [0.29, 0.717) is 6.04 Å². The molecule has 0 saturated carbocycles. The van der Waals surface area contributed by atoms with Crippen molar-refractivity contribution < 1.29 is 4.74 Å². The van der Waals surface area contributed by atoms with Crippen LogP contribution in [0.25, 0.3) is 0 Å². The second kappa shape index (κ2) is 9.85. The maximum absolute atomic E-state index is 5.58. The highest BCUT2D eigenvalue weighted by Gasteiger charge is 2.01. The van der Waals surface area contributed by atoms with E-state index in [9.17, 15) is 0 Å². The third-order valence-corrected chi connectivity index (χ3v) is 3.29. The largest absolute Gasteiger partial charge is 0.494 e. The van der Waals surface area contributed by atoms with Crippen molar-refractivity contribution in [3.8, 4) is 5.75 Å². The summed E-state index contributed by atoms with van der Waals surface area (Å²) in [5.41, 5.74) is 1.33. The van der Waals surface area contributed by atoms with Gasteiger partial charge in [0.15, 0.2) is 0 Å². The minimum Gasteiger partial charge on any atom is -0.494 e. The van der Waals surface area contributed by atoms with Crippen LogP contribution >= 0.6 is 0 Å². The highest BCUT2D eigenvalue weighted by atomic mass is 16.5. The van der Waals surface area contributed by atoms with Crippen LogP contribution < -0.4 is 10.1 Å². The van der Waals surface area contributed by atoms with Gasteiger partial charge in [0, 0.05) is 12.6 Å². The van der Waals surface area contributed by atoms with Crippen molar-refractivity contribution in [1.82, 2.24) is 5.32 Å². The lowest BCUT2D eigenvalue weighted by Gasteiger charge is -2.14. The highest BCUT2D eigenvalue weighted by Crippen LogP contribution is 2.12. The molecule has 108 valence electrons. The molecule has 0 heterocycles. The van der Waals surface area contributed by atoms with Gasteiger partial charge >= 0.3 is 0 Å². The number of ether oxygens (including phenoxy) is 1. The Morgan fingerprint density at radius 1 is 1.05 bits per heavy atom. The van der Waals surface area contributed by atoms with Crippen LogP contribution in [0.2, 0.25) is 0 Å². The Hall–Kier alpha value is -1.02. The van der Waals surface area contributed by atoms with E-state index in [-0.39, 0.29) is 0 Å². The lowest BCUT2D eigenvalue weighted by molar-refractivity contribution is 0.317. The molecule has 0 aromatic heterocycles. The van der Waals surface area contributed by atoms with Crippen molar-refractivity contribution in [3.63, 3.8) is 0 Å². The Kier molecular flexibility index (Phi) is 8.31. The monoisotopic (exact) mass is 263 g/mol. The first-order valence-electron chi connectivity index (χ1n) is 7.71. The summed E-state index contributed by atoms with van der Waals surface area (Å²) in [4.78, 5) is 0. The van der Waals surface area contributed by atoms with E-state index in [2.05, 4.69) is 50.4 Å². The van der Waals surface area contributed by atoms with E-state index in [0.717, 1.165) is 25.3 Å². The normalized spacial score (nSPS) is 12.4. The zero-order valence-electron chi connectivity index (χ0n) is 12.7. The Morgan fingerprint density at radius 3 is 2.42 bits per heavy atom. The summed E-state index contributed by atoms with van der Waals surface area (Å²) >= 11 is 0. The van der Waals surface area contributed by atoms with E-state index in [4.69, 9.17) is 4.74 Å². The van der Waals surface area contributed by atoms with Crippen molar-refractivity contribution >= 4 is 0 Å². The predicted molar refractivity (Wildman–Crippen MR) is 82.7 cm³/mol. The second-order valence-corrected chi connectivity index (χ2v) is 5.27. The Balaban J connectivity index is 2.25.